The van der Waals surface area contributed by atoms with E-state index in [4.69, 9.17) is 14.4 Å². The molecule has 0 bridgehead atoms. The first-order valence-electron chi connectivity index (χ1n) is 14.0. The summed E-state index contributed by atoms with van der Waals surface area (Å²) in [5, 5.41) is 2.94. The van der Waals surface area contributed by atoms with Gasteiger partial charge in [0.15, 0.2) is 11.5 Å². The molecule has 1 N–H and O–H groups in total. The maximum Gasteiger partial charge on any atom is 0.196 e. The molecule has 1 saturated heterocycles. The van der Waals surface area contributed by atoms with Gasteiger partial charge >= 0.3 is 0 Å². The number of nitrogens with one attached hydrogen (secondary N) is 1. The Morgan fingerprint density at radius 3 is 2.55 bits per heavy atom. The SMILES string of the molecule is c1ccc(CN2Oc3cc4c(cc3O2)C(CCc2c[nH]c3ccccc23)N(CC2CCOCC2)CC4)cc1. The number of hydroxylamine groups is 2. The molecular weight excluding hydrogens is 474 g/mol. The Labute approximate surface area is 224 Å². The van der Waals surface area contributed by atoms with Gasteiger partial charge < -0.3 is 19.4 Å². The molecule has 3 aromatic carbocycles. The largest absolute Gasteiger partial charge is 0.381 e. The average Bonchev–Trinajstić information content (AvgIpc) is 3.55. The van der Waals surface area contributed by atoms with Crippen molar-refractivity contribution in [2.75, 3.05) is 26.3 Å². The summed E-state index contributed by atoms with van der Waals surface area (Å²) in [7, 11) is 0. The zero-order chi connectivity index (χ0) is 25.3. The maximum absolute atomic E-state index is 6.19. The lowest BCUT2D eigenvalue weighted by molar-refractivity contribution is -0.233. The Morgan fingerprint density at radius 1 is 0.895 bits per heavy atom. The third kappa shape index (κ3) is 4.80. The van der Waals surface area contributed by atoms with E-state index in [0.717, 1.165) is 75.5 Å². The highest BCUT2D eigenvalue weighted by molar-refractivity contribution is 5.83. The second-order valence-electron chi connectivity index (χ2n) is 10.9. The molecule has 0 amide bonds. The highest BCUT2D eigenvalue weighted by atomic mass is 17.0. The Hall–Kier alpha value is -3.32. The Balaban J connectivity index is 1.15. The Kier molecular flexibility index (Phi) is 6.53. The molecule has 0 radical (unpaired) electrons. The van der Waals surface area contributed by atoms with Gasteiger partial charge in [-0.05, 0) is 78.5 Å². The summed E-state index contributed by atoms with van der Waals surface area (Å²) >= 11 is 0. The predicted octanol–water partition coefficient (Wildman–Crippen LogP) is 6.23. The van der Waals surface area contributed by atoms with Crippen LogP contribution in [-0.4, -0.2) is 41.4 Å². The highest BCUT2D eigenvalue weighted by Crippen LogP contribution is 2.43. The van der Waals surface area contributed by atoms with E-state index in [9.17, 15) is 0 Å². The summed E-state index contributed by atoms with van der Waals surface area (Å²) in [6.45, 7) is 4.59. The standard InChI is InChI=1S/C32H35N3O3/c1-2-6-23(7-3-1)22-35-37-31-18-25-12-15-34(21-24-13-16-36-17-14-24)30(28(25)19-32(31)38-35)11-10-26-20-33-29-9-5-4-8-27(26)29/h1-9,18-20,24,30,33H,10-17,21-22H2. The van der Waals surface area contributed by atoms with Crippen LogP contribution < -0.4 is 9.68 Å². The van der Waals surface area contributed by atoms with Crippen molar-refractivity contribution in [2.45, 2.75) is 44.7 Å². The van der Waals surface area contributed by atoms with E-state index in [1.54, 1.807) is 5.23 Å². The molecule has 3 aliphatic heterocycles. The fraction of sp³-hybridized carbons (Fsp3) is 0.375. The second kappa shape index (κ2) is 10.4. The van der Waals surface area contributed by atoms with E-state index < -0.39 is 0 Å². The van der Waals surface area contributed by atoms with E-state index in [-0.39, 0.29) is 0 Å². The zero-order valence-electron chi connectivity index (χ0n) is 21.8. The lowest BCUT2D eigenvalue weighted by atomic mass is 9.87. The minimum absolute atomic E-state index is 0.354. The van der Waals surface area contributed by atoms with Gasteiger partial charge in [-0.3, -0.25) is 4.90 Å². The number of nitrogens with zero attached hydrogens (tertiary/aromatic N) is 2. The number of ether oxygens (including phenoxy) is 1. The van der Waals surface area contributed by atoms with Crippen LogP contribution in [0.3, 0.4) is 0 Å². The number of aromatic nitrogens is 1. The van der Waals surface area contributed by atoms with Crippen molar-refractivity contribution in [1.29, 1.82) is 0 Å². The van der Waals surface area contributed by atoms with E-state index in [2.05, 4.69) is 64.6 Å². The number of benzene rings is 3. The van der Waals surface area contributed by atoms with Crippen LogP contribution in [0, 0.1) is 5.92 Å². The minimum Gasteiger partial charge on any atom is -0.381 e. The van der Waals surface area contributed by atoms with Crippen LogP contribution in [0.5, 0.6) is 11.5 Å². The van der Waals surface area contributed by atoms with Gasteiger partial charge in [-0.15, -0.1) is 0 Å². The number of rotatable bonds is 7. The molecule has 1 atom stereocenters. The van der Waals surface area contributed by atoms with Crippen molar-refractivity contribution < 1.29 is 14.4 Å². The molecule has 6 nitrogen and oxygen atoms in total. The topological polar surface area (TPSA) is 50.0 Å². The first-order valence-corrected chi connectivity index (χ1v) is 14.0. The number of aryl methyl sites for hydroxylation is 1. The fourth-order valence-electron chi connectivity index (χ4n) is 6.39. The van der Waals surface area contributed by atoms with Crippen molar-refractivity contribution in [3.8, 4) is 11.5 Å². The van der Waals surface area contributed by atoms with Gasteiger partial charge in [-0.1, -0.05) is 48.5 Å². The number of hydrogen-bond donors (Lipinski definition) is 1. The van der Waals surface area contributed by atoms with E-state index in [0.29, 0.717) is 18.5 Å². The molecule has 1 unspecified atom stereocenters. The zero-order valence-corrected chi connectivity index (χ0v) is 21.8. The molecule has 196 valence electrons. The van der Waals surface area contributed by atoms with Crippen molar-refractivity contribution in [3.63, 3.8) is 0 Å². The fourth-order valence-corrected chi connectivity index (χ4v) is 6.39. The summed E-state index contributed by atoms with van der Waals surface area (Å²) in [5.74, 6) is 2.36. The summed E-state index contributed by atoms with van der Waals surface area (Å²) in [4.78, 5) is 18.5. The molecule has 0 saturated carbocycles. The molecule has 6 heteroatoms. The lowest BCUT2D eigenvalue weighted by Crippen LogP contribution is -2.40. The molecule has 7 rings (SSSR count). The van der Waals surface area contributed by atoms with Gasteiger partial charge in [0.05, 0.1) is 6.54 Å². The summed E-state index contributed by atoms with van der Waals surface area (Å²) in [6.07, 6.45) is 7.66. The Morgan fingerprint density at radius 2 is 1.68 bits per heavy atom. The van der Waals surface area contributed by atoms with Crippen LogP contribution in [0.1, 0.15) is 47.6 Å². The lowest BCUT2D eigenvalue weighted by Gasteiger charge is -2.40. The molecule has 4 aromatic rings. The van der Waals surface area contributed by atoms with Crippen molar-refractivity contribution in [3.05, 3.63) is 95.2 Å². The van der Waals surface area contributed by atoms with Gasteiger partial charge in [0.1, 0.15) is 0 Å². The van der Waals surface area contributed by atoms with Crippen molar-refractivity contribution in [1.82, 2.24) is 15.1 Å². The smallest absolute Gasteiger partial charge is 0.196 e. The summed E-state index contributed by atoms with van der Waals surface area (Å²) in [5.41, 5.74) is 6.55. The van der Waals surface area contributed by atoms with Crippen LogP contribution in [0.2, 0.25) is 0 Å². The number of aromatic amines is 1. The molecular formula is C32H35N3O3. The monoisotopic (exact) mass is 509 g/mol. The average molecular weight is 510 g/mol. The number of H-pyrrole nitrogens is 1. The van der Waals surface area contributed by atoms with Crippen LogP contribution in [0.4, 0.5) is 0 Å². The minimum atomic E-state index is 0.354. The van der Waals surface area contributed by atoms with Crippen LogP contribution in [0.25, 0.3) is 10.9 Å². The first-order chi connectivity index (χ1) is 18.8. The van der Waals surface area contributed by atoms with Crippen molar-refractivity contribution in [2.24, 2.45) is 5.92 Å². The molecule has 38 heavy (non-hydrogen) atoms. The van der Waals surface area contributed by atoms with Gasteiger partial charge in [0.25, 0.3) is 0 Å². The molecule has 4 heterocycles. The number of hydrogen-bond acceptors (Lipinski definition) is 5. The number of fused-ring (bicyclic) bond motifs is 3. The molecule has 1 fully saturated rings. The van der Waals surface area contributed by atoms with E-state index in [1.807, 2.05) is 18.2 Å². The molecule has 1 aromatic heterocycles. The van der Waals surface area contributed by atoms with E-state index in [1.165, 1.54) is 27.6 Å². The van der Waals surface area contributed by atoms with Crippen LogP contribution in [-0.2, 0) is 24.1 Å². The third-order valence-electron chi connectivity index (χ3n) is 8.42. The molecule has 0 spiro atoms. The van der Waals surface area contributed by atoms with Crippen LogP contribution >= 0.6 is 0 Å². The normalized spacial score (nSPS) is 20.2. The van der Waals surface area contributed by atoms with Crippen LogP contribution in [0.15, 0.2) is 72.9 Å². The Bertz CT molecular complexity index is 1400. The van der Waals surface area contributed by atoms with Gasteiger partial charge in [-0.25, -0.2) is 0 Å². The van der Waals surface area contributed by atoms with E-state index >= 15 is 0 Å². The third-order valence-corrected chi connectivity index (χ3v) is 8.42. The quantitative estimate of drug-likeness (QED) is 0.320. The first kappa shape index (κ1) is 23.8. The van der Waals surface area contributed by atoms with Crippen molar-refractivity contribution >= 4 is 10.9 Å². The predicted molar refractivity (Wildman–Crippen MR) is 148 cm³/mol. The number of para-hydroxylation sites is 1. The second-order valence-corrected chi connectivity index (χ2v) is 10.9. The maximum atomic E-state index is 6.19. The molecule has 0 aliphatic carbocycles. The van der Waals surface area contributed by atoms with Gasteiger partial charge in [0.2, 0.25) is 0 Å². The summed E-state index contributed by atoms with van der Waals surface area (Å²) in [6, 6.07) is 23.8. The highest BCUT2D eigenvalue weighted by Gasteiger charge is 2.33. The summed E-state index contributed by atoms with van der Waals surface area (Å²) < 4.78 is 5.66. The van der Waals surface area contributed by atoms with Gasteiger partial charge in [0, 0.05) is 54.7 Å². The molecule has 3 aliphatic rings. The van der Waals surface area contributed by atoms with Gasteiger partial charge in [-0.2, -0.15) is 0 Å².